The molecule has 1 aromatic heterocycles. The Balaban J connectivity index is 1.48. The molecule has 0 saturated carbocycles. The van der Waals surface area contributed by atoms with Gasteiger partial charge in [0.25, 0.3) is 5.91 Å². The number of benzene rings is 3. The molecule has 2 atom stereocenters. The van der Waals surface area contributed by atoms with Crippen molar-refractivity contribution in [3.63, 3.8) is 0 Å². The number of pyridine rings is 1. The van der Waals surface area contributed by atoms with E-state index in [0.29, 0.717) is 28.5 Å². The molecule has 4 aromatic rings. The summed E-state index contributed by atoms with van der Waals surface area (Å²) in [6, 6.07) is 22.5. The van der Waals surface area contributed by atoms with Crippen LogP contribution in [0.2, 0.25) is 0 Å². The standard InChI is InChI=1S/C31H26Br2F3N3O2/c32-23-15-22(16-24(33)17-23)29(40)38-13-11-25(18-26(38)14-20-6-2-1-3-7-20)39(30(41)31(34,35)36)19-21-10-12-37-28-9-5-4-8-27(21)28/h1-10,12,15-17,25-26H,11,13-14,18-19H2. The van der Waals surface area contributed by atoms with E-state index in [9.17, 15) is 22.8 Å². The maximum atomic E-state index is 13.9. The second-order valence-corrected chi connectivity index (χ2v) is 11.9. The van der Waals surface area contributed by atoms with Crippen LogP contribution in [0.25, 0.3) is 10.9 Å². The number of amides is 2. The molecule has 5 rings (SSSR count). The number of fused-ring (bicyclic) bond motifs is 1. The van der Waals surface area contributed by atoms with Gasteiger partial charge in [-0.1, -0.05) is 80.4 Å². The molecule has 0 N–H and O–H groups in total. The number of hydrogen-bond donors (Lipinski definition) is 0. The number of aromatic nitrogens is 1. The number of nitrogens with zero attached hydrogens (tertiary/aromatic N) is 3. The van der Waals surface area contributed by atoms with E-state index in [-0.39, 0.29) is 31.8 Å². The zero-order valence-electron chi connectivity index (χ0n) is 21.8. The zero-order valence-corrected chi connectivity index (χ0v) is 25.0. The minimum Gasteiger partial charge on any atom is -0.335 e. The van der Waals surface area contributed by atoms with Crippen molar-refractivity contribution in [1.29, 1.82) is 0 Å². The van der Waals surface area contributed by atoms with E-state index in [4.69, 9.17) is 0 Å². The van der Waals surface area contributed by atoms with E-state index in [1.807, 2.05) is 42.5 Å². The molecular formula is C31H26Br2F3N3O2. The predicted octanol–water partition coefficient (Wildman–Crippen LogP) is 7.57. The van der Waals surface area contributed by atoms with Gasteiger partial charge < -0.3 is 9.80 Å². The van der Waals surface area contributed by atoms with Gasteiger partial charge in [-0.3, -0.25) is 14.6 Å². The number of carbonyl (C=O) groups excluding carboxylic acids is 2. The van der Waals surface area contributed by atoms with Crippen molar-refractivity contribution in [3.05, 3.63) is 111 Å². The van der Waals surface area contributed by atoms with E-state index in [1.165, 1.54) is 0 Å². The van der Waals surface area contributed by atoms with Crippen LogP contribution in [-0.4, -0.2) is 51.4 Å². The first kappa shape index (κ1) is 29.3. The number of alkyl halides is 3. The summed E-state index contributed by atoms with van der Waals surface area (Å²) in [7, 11) is 0. The third-order valence-electron chi connectivity index (χ3n) is 7.40. The Labute approximate surface area is 252 Å². The van der Waals surface area contributed by atoms with Crippen molar-refractivity contribution >= 4 is 54.6 Å². The fourth-order valence-electron chi connectivity index (χ4n) is 5.51. The Bertz CT molecular complexity index is 1540. The van der Waals surface area contributed by atoms with E-state index in [0.717, 1.165) is 19.4 Å². The van der Waals surface area contributed by atoms with Crippen molar-refractivity contribution in [2.75, 3.05) is 6.54 Å². The lowest BCUT2D eigenvalue weighted by Crippen LogP contribution is -2.55. The highest BCUT2D eigenvalue weighted by Crippen LogP contribution is 2.32. The van der Waals surface area contributed by atoms with Gasteiger partial charge in [0.1, 0.15) is 0 Å². The van der Waals surface area contributed by atoms with Crippen molar-refractivity contribution in [1.82, 2.24) is 14.8 Å². The summed E-state index contributed by atoms with van der Waals surface area (Å²) in [5.74, 6) is -2.09. The number of para-hydroxylation sites is 1. The van der Waals surface area contributed by atoms with Crippen LogP contribution < -0.4 is 0 Å². The Morgan fingerprint density at radius 2 is 1.63 bits per heavy atom. The molecule has 5 nitrogen and oxygen atoms in total. The summed E-state index contributed by atoms with van der Waals surface area (Å²) in [4.78, 5) is 33.6. The Morgan fingerprint density at radius 1 is 0.951 bits per heavy atom. The maximum Gasteiger partial charge on any atom is 0.471 e. The minimum atomic E-state index is -5.03. The average Bonchev–Trinajstić information content (AvgIpc) is 2.95. The molecule has 2 amide bonds. The fourth-order valence-corrected chi connectivity index (χ4v) is 6.80. The third-order valence-corrected chi connectivity index (χ3v) is 8.31. The van der Waals surface area contributed by atoms with Crippen LogP contribution in [0.5, 0.6) is 0 Å². The molecule has 2 heterocycles. The molecule has 0 aliphatic carbocycles. The molecule has 0 spiro atoms. The van der Waals surface area contributed by atoms with Gasteiger partial charge in [0.2, 0.25) is 0 Å². The van der Waals surface area contributed by atoms with E-state index in [2.05, 4.69) is 36.8 Å². The quantitative estimate of drug-likeness (QED) is 0.210. The van der Waals surface area contributed by atoms with Gasteiger partial charge in [-0.05, 0) is 60.7 Å². The topological polar surface area (TPSA) is 53.5 Å². The number of piperidine rings is 1. The first-order valence-electron chi connectivity index (χ1n) is 13.1. The van der Waals surface area contributed by atoms with Gasteiger partial charge in [-0.25, -0.2) is 0 Å². The first-order chi connectivity index (χ1) is 19.6. The first-order valence-corrected chi connectivity index (χ1v) is 14.7. The third kappa shape index (κ3) is 6.81. The number of halogens is 5. The van der Waals surface area contributed by atoms with Crippen LogP contribution in [0.4, 0.5) is 13.2 Å². The maximum absolute atomic E-state index is 13.9. The molecule has 0 radical (unpaired) electrons. The summed E-state index contributed by atoms with van der Waals surface area (Å²) < 4.78 is 43.3. The highest BCUT2D eigenvalue weighted by molar-refractivity contribution is 9.11. The predicted molar refractivity (Wildman–Crippen MR) is 158 cm³/mol. The molecule has 1 fully saturated rings. The summed E-state index contributed by atoms with van der Waals surface area (Å²) in [5.41, 5.74) is 2.66. The molecule has 1 saturated heterocycles. The molecule has 1 aliphatic rings. The SMILES string of the molecule is O=C(c1cc(Br)cc(Br)c1)N1CCC(N(Cc2ccnc3ccccc23)C(=O)C(F)(F)F)CC1Cc1ccccc1. The molecule has 1 aliphatic heterocycles. The van der Waals surface area contributed by atoms with Crippen molar-refractivity contribution in [2.24, 2.45) is 0 Å². The highest BCUT2D eigenvalue weighted by Gasteiger charge is 2.46. The summed E-state index contributed by atoms with van der Waals surface area (Å²) in [6.07, 6.45) is -2.61. The van der Waals surface area contributed by atoms with Gasteiger partial charge in [-0.15, -0.1) is 0 Å². The van der Waals surface area contributed by atoms with Crippen LogP contribution in [0.3, 0.4) is 0 Å². The molecule has 0 bridgehead atoms. The zero-order chi connectivity index (χ0) is 29.1. The van der Waals surface area contributed by atoms with E-state index < -0.39 is 24.2 Å². The number of rotatable bonds is 6. The van der Waals surface area contributed by atoms with E-state index in [1.54, 1.807) is 47.5 Å². The second-order valence-electron chi connectivity index (χ2n) is 10.1. The van der Waals surface area contributed by atoms with Crippen LogP contribution in [0.1, 0.15) is 34.3 Å². The van der Waals surface area contributed by atoms with Crippen molar-refractivity contribution < 1.29 is 22.8 Å². The van der Waals surface area contributed by atoms with Crippen LogP contribution in [-0.2, 0) is 17.8 Å². The number of carbonyl (C=O) groups is 2. The van der Waals surface area contributed by atoms with Gasteiger partial charge in [0, 0.05) is 51.3 Å². The van der Waals surface area contributed by atoms with Gasteiger partial charge in [-0.2, -0.15) is 13.2 Å². The average molecular weight is 689 g/mol. The largest absolute Gasteiger partial charge is 0.471 e. The molecule has 3 aromatic carbocycles. The summed E-state index contributed by atoms with van der Waals surface area (Å²) >= 11 is 6.86. The fraction of sp³-hybridized carbons (Fsp3) is 0.258. The van der Waals surface area contributed by atoms with E-state index >= 15 is 0 Å². The Kier molecular flexibility index (Phi) is 8.79. The van der Waals surface area contributed by atoms with Gasteiger partial charge in [0.05, 0.1) is 5.52 Å². The summed E-state index contributed by atoms with van der Waals surface area (Å²) in [5, 5.41) is 0.698. The lowest BCUT2D eigenvalue weighted by atomic mass is 9.90. The molecular weight excluding hydrogens is 663 g/mol. The van der Waals surface area contributed by atoms with Crippen LogP contribution in [0.15, 0.2) is 94.0 Å². The van der Waals surface area contributed by atoms with Crippen molar-refractivity contribution in [3.8, 4) is 0 Å². The van der Waals surface area contributed by atoms with Crippen LogP contribution >= 0.6 is 31.9 Å². The molecule has 2 unspecified atom stereocenters. The molecule has 212 valence electrons. The summed E-state index contributed by atoms with van der Waals surface area (Å²) in [6.45, 7) is 0.000484. The normalized spacial score (nSPS) is 17.4. The molecule has 10 heteroatoms. The van der Waals surface area contributed by atoms with Crippen LogP contribution in [0, 0.1) is 0 Å². The van der Waals surface area contributed by atoms with Gasteiger partial charge in [0.15, 0.2) is 0 Å². The molecule has 41 heavy (non-hydrogen) atoms. The van der Waals surface area contributed by atoms with Gasteiger partial charge >= 0.3 is 12.1 Å². The Morgan fingerprint density at radius 3 is 2.34 bits per heavy atom. The Hall–Kier alpha value is -3.24. The monoisotopic (exact) mass is 687 g/mol. The minimum absolute atomic E-state index is 0.208. The highest BCUT2D eigenvalue weighted by atomic mass is 79.9. The second kappa shape index (κ2) is 12.3. The smallest absolute Gasteiger partial charge is 0.335 e. The lowest BCUT2D eigenvalue weighted by molar-refractivity contribution is -0.189. The van der Waals surface area contributed by atoms with Crippen molar-refractivity contribution in [2.45, 2.75) is 44.1 Å². The number of hydrogen-bond acceptors (Lipinski definition) is 3. The number of likely N-dealkylation sites (tertiary alicyclic amines) is 1. The lowest BCUT2D eigenvalue weighted by Gasteiger charge is -2.44.